The Morgan fingerprint density at radius 2 is 1.84 bits per heavy atom. The van der Waals surface area contributed by atoms with Crippen molar-refractivity contribution in [1.82, 2.24) is 14.1 Å². The minimum atomic E-state index is -3.62. The summed E-state index contributed by atoms with van der Waals surface area (Å²) in [6, 6.07) is 18.3. The third-order valence-corrected chi connectivity index (χ3v) is 11.2. The quantitative estimate of drug-likeness (QED) is 0.268. The highest BCUT2D eigenvalue weighted by Crippen LogP contribution is 2.49. The largest absolute Gasteiger partial charge is 0.445 e. The van der Waals surface area contributed by atoms with Crippen LogP contribution in [0.4, 0.5) is 4.79 Å². The Bertz CT molecular complexity index is 1510. The number of ether oxygens (including phenoxy) is 1. The van der Waals surface area contributed by atoms with E-state index in [0.29, 0.717) is 29.2 Å². The molecule has 1 aliphatic heterocycles. The SMILES string of the molecule is C#CCN(C(=O)OCc1ccccc1)[C@@H]1C2CN(CC[C@H](CN(C)S(=O)(=O)c3ccccc3)C3=CC(C)CC(Cl)=C3)CC[C@@H]21. The molecule has 234 valence electrons. The zero-order chi connectivity index (χ0) is 31.3. The molecule has 1 saturated heterocycles. The fourth-order valence-corrected chi connectivity index (χ4v) is 8.36. The van der Waals surface area contributed by atoms with Crippen LogP contribution in [0.25, 0.3) is 0 Å². The zero-order valence-electron chi connectivity index (χ0n) is 25.5. The van der Waals surface area contributed by atoms with Gasteiger partial charge in [-0.05, 0) is 85.4 Å². The topological polar surface area (TPSA) is 70.2 Å². The fraction of sp³-hybridized carbons (Fsp3) is 0.457. The monoisotopic (exact) mass is 635 g/mol. The minimum Gasteiger partial charge on any atom is -0.445 e. The molecule has 2 unspecified atom stereocenters. The van der Waals surface area contributed by atoms with Gasteiger partial charge in [-0.25, -0.2) is 17.5 Å². The lowest BCUT2D eigenvalue weighted by molar-refractivity contribution is 0.0953. The number of rotatable bonds is 12. The summed E-state index contributed by atoms with van der Waals surface area (Å²) in [4.78, 5) is 17.5. The molecule has 0 radical (unpaired) electrons. The van der Waals surface area contributed by atoms with Gasteiger partial charge in [0, 0.05) is 31.2 Å². The summed E-state index contributed by atoms with van der Waals surface area (Å²) < 4.78 is 33.8. The number of likely N-dealkylation sites (tertiary alicyclic amines) is 1. The molecule has 1 amide bonds. The van der Waals surface area contributed by atoms with Gasteiger partial charge in [0.25, 0.3) is 0 Å². The molecule has 0 spiro atoms. The highest BCUT2D eigenvalue weighted by atomic mass is 35.5. The van der Waals surface area contributed by atoms with Crippen molar-refractivity contribution in [2.24, 2.45) is 23.7 Å². The van der Waals surface area contributed by atoms with Gasteiger partial charge in [0.15, 0.2) is 0 Å². The van der Waals surface area contributed by atoms with E-state index < -0.39 is 10.0 Å². The molecule has 5 rings (SSSR count). The Hall–Kier alpha value is -3.09. The number of halogens is 1. The highest BCUT2D eigenvalue weighted by molar-refractivity contribution is 7.89. The van der Waals surface area contributed by atoms with Crippen molar-refractivity contribution in [2.75, 3.05) is 39.8 Å². The number of piperidine rings is 1. The molecule has 2 fully saturated rings. The van der Waals surface area contributed by atoms with Crippen molar-refractivity contribution in [3.05, 3.63) is 89.0 Å². The first kappa shape index (κ1) is 32.3. The van der Waals surface area contributed by atoms with Gasteiger partial charge in [0.2, 0.25) is 10.0 Å². The second kappa shape index (κ2) is 14.3. The first-order valence-electron chi connectivity index (χ1n) is 15.4. The average Bonchev–Trinajstić information content (AvgIpc) is 3.73. The van der Waals surface area contributed by atoms with Crippen LogP contribution in [0.15, 0.2) is 88.3 Å². The van der Waals surface area contributed by atoms with Gasteiger partial charge in [-0.2, -0.15) is 0 Å². The van der Waals surface area contributed by atoms with Crippen molar-refractivity contribution in [2.45, 2.75) is 43.7 Å². The second-order valence-electron chi connectivity index (χ2n) is 12.3. The molecule has 2 aliphatic carbocycles. The predicted octanol–water partition coefficient (Wildman–Crippen LogP) is 5.99. The first-order valence-corrected chi connectivity index (χ1v) is 17.2. The smallest absolute Gasteiger partial charge is 0.411 e. The summed E-state index contributed by atoms with van der Waals surface area (Å²) >= 11 is 6.52. The summed E-state index contributed by atoms with van der Waals surface area (Å²) in [7, 11) is -1.97. The highest BCUT2D eigenvalue weighted by Gasteiger charge is 2.56. The number of nitrogens with zero attached hydrogens (tertiary/aromatic N) is 3. The van der Waals surface area contributed by atoms with Crippen LogP contribution >= 0.6 is 11.6 Å². The van der Waals surface area contributed by atoms with Gasteiger partial charge >= 0.3 is 6.09 Å². The Balaban J connectivity index is 1.22. The van der Waals surface area contributed by atoms with Gasteiger partial charge in [-0.15, -0.1) is 6.42 Å². The van der Waals surface area contributed by atoms with Crippen molar-refractivity contribution in [3.63, 3.8) is 0 Å². The van der Waals surface area contributed by atoms with Crippen molar-refractivity contribution in [3.8, 4) is 12.3 Å². The average molecular weight is 636 g/mol. The minimum absolute atomic E-state index is 0.00591. The number of amides is 1. The Labute approximate surface area is 267 Å². The Kier molecular flexibility index (Phi) is 10.5. The molecule has 7 nitrogen and oxygen atoms in total. The molecule has 0 bridgehead atoms. The standard InChI is InChI=1S/C35H42ClN3O4S/c1-4-17-39(35(40)43-25-27-11-7-5-8-12-27)34-32-16-19-38(24-33(32)34)18-15-28(29-20-26(2)21-30(36)22-29)23-37(3)44(41,42)31-13-9-6-10-14-31/h1,5-14,20,22,26,28,32-34H,15-19,21,23-25H2,2-3H3/t26?,28-,32+,33?,34+/m1/s1. The van der Waals surface area contributed by atoms with Gasteiger partial charge < -0.3 is 9.64 Å². The molecule has 2 aromatic rings. The number of hydrogen-bond donors (Lipinski definition) is 0. The van der Waals surface area contributed by atoms with Crippen molar-refractivity contribution < 1.29 is 17.9 Å². The predicted molar refractivity (Wildman–Crippen MR) is 174 cm³/mol. The Morgan fingerprint density at radius 1 is 1.14 bits per heavy atom. The lowest BCUT2D eigenvalue weighted by atomic mass is 9.87. The normalized spacial score (nSPS) is 24.0. The number of benzene rings is 2. The van der Waals surface area contributed by atoms with E-state index in [1.54, 1.807) is 36.2 Å². The van der Waals surface area contributed by atoms with Crippen LogP contribution in [-0.4, -0.2) is 74.4 Å². The summed E-state index contributed by atoms with van der Waals surface area (Å²) in [6.07, 6.45) is 12.1. The van der Waals surface area contributed by atoms with E-state index in [1.807, 2.05) is 42.5 Å². The summed E-state index contributed by atoms with van der Waals surface area (Å²) in [6.45, 7) is 5.58. The van der Waals surface area contributed by atoms with Crippen molar-refractivity contribution in [1.29, 1.82) is 0 Å². The Morgan fingerprint density at radius 3 is 2.52 bits per heavy atom. The fourth-order valence-electron chi connectivity index (χ4n) is 6.75. The van der Waals surface area contributed by atoms with E-state index in [2.05, 4.69) is 23.8 Å². The van der Waals surface area contributed by atoms with Gasteiger partial charge in [0.1, 0.15) is 6.61 Å². The van der Waals surface area contributed by atoms with E-state index in [9.17, 15) is 13.2 Å². The summed E-state index contributed by atoms with van der Waals surface area (Å²) in [5, 5.41) is 0.808. The van der Waals surface area contributed by atoms with Crippen LogP contribution in [0.5, 0.6) is 0 Å². The molecule has 44 heavy (non-hydrogen) atoms. The summed E-state index contributed by atoms with van der Waals surface area (Å²) in [5.41, 5.74) is 2.04. The number of sulfonamides is 1. The van der Waals surface area contributed by atoms with Crippen LogP contribution in [-0.2, 0) is 21.4 Å². The molecule has 9 heteroatoms. The number of hydrogen-bond acceptors (Lipinski definition) is 5. The third kappa shape index (κ3) is 7.76. The van der Waals surface area contributed by atoms with Gasteiger partial charge in [-0.1, -0.05) is 79.1 Å². The molecule has 5 atom stereocenters. The maximum absolute atomic E-state index is 13.4. The van der Waals surface area contributed by atoms with Gasteiger partial charge in [-0.3, -0.25) is 4.90 Å². The lowest BCUT2D eigenvalue weighted by Gasteiger charge is -2.31. The van der Waals surface area contributed by atoms with Gasteiger partial charge in [0.05, 0.1) is 11.4 Å². The number of allylic oxidation sites excluding steroid dienone is 3. The number of terminal acetylenes is 1. The molecule has 2 aromatic carbocycles. The van der Waals surface area contributed by atoms with Crippen LogP contribution in [0.1, 0.15) is 31.7 Å². The maximum atomic E-state index is 13.4. The van der Waals surface area contributed by atoms with Crippen LogP contribution < -0.4 is 0 Å². The van der Waals surface area contributed by atoms with E-state index in [0.717, 1.165) is 55.1 Å². The molecule has 0 aromatic heterocycles. The number of carbonyl (C=O) groups excluding carboxylic acids is 1. The van der Waals surface area contributed by atoms with Crippen molar-refractivity contribution >= 4 is 27.7 Å². The molecular weight excluding hydrogens is 594 g/mol. The third-order valence-electron chi connectivity index (χ3n) is 9.11. The first-order chi connectivity index (χ1) is 21.2. The molecule has 1 saturated carbocycles. The van der Waals surface area contributed by atoms with E-state index in [1.165, 1.54) is 4.31 Å². The summed E-state index contributed by atoms with van der Waals surface area (Å²) in [5.74, 6) is 3.72. The second-order valence-corrected chi connectivity index (χ2v) is 14.8. The number of fused-ring (bicyclic) bond motifs is 1. The van der Waals surface area contributed by atoms with Crippen LogP contribution in [0.3, 0.4) is 0 Å². The van der Waals surface area contributed by atoms with Crippen LogP contribution in [0.2, 0.25) is 0 Å². The van der Waals surface area contributed by atoms with Crippen LogP contribution in [0, 0.1) is 36.0 Å². The zero-order valence-corrected chi connectivity index (χ0v) is 27.1. The maximum Gasteiger partial charge on any atom is 0.411 e. The lowest BCUT2D eigenvalue weighted by Crippen LogP contribution is -2.37. The molecular formula is C35H42ClN3O4S. The number of carbonyl (C=O) groups is 1. The molecule has 1 heterocycles. The van der Waals surface area contributed by atoms with E-state index in [4.69, 9.17) is 22.8 Å². The molecule has 3 aliphatic rings. The van der Waals surface area contributed by atoms with E-state index >= 15 is 0 Å². The molecule has 0 N–H and O–H groups in total. The van der Waals surface area contributed by atoms with E-state index in [-0.39, 0.29) is 31.2 Å².